The summed E-state index contributed by atoms with van der Waals surface area (Å²) < 4.78 is 5.92. The number of ether oxygens (including phenoxy) is 1. The van der Waals surface area contributed by atoms with Crippen molar-refractivity contribution < 1.29 is 19.4 Å². The molecule has 0 atom stereocenters. The number of carbonyl (C=O) groups is 2. The number of carbonyl (C=O) groups excluding carboxylic acids is 2. The molecule has 0 heterocycles. The van der Waals surface area contributed by atoms with Gasteiger partial charge in [0.2, 0.25) is 0 Å². The molecule has 0 spiro atoms. The molecule has 2 N–H and O–H groups in total. The highest BCUT2D eigenvalue weighted by Crippen LogP contribution is 2.38. The molecule has 37 heavy (non-hydrogen) atoms. The van der Waals surface area contributed by atoms with Gasteiger partial charge >= 0.3 is 0 Å². The largest absolute Gasteiger partial charge is 0.511 e. The first-order valence-electron chi connectivity index (χ1n) is 12.3. The Morgan fingerprint density at radius 2 is 1.46 bits per heavy atom. The van der Waals surface area contributed by atoms with Crippen LogP contribution >= 0.6 is 0 Å². The third kappa shape index (κ3) is 6.34. The lowest BCUT2D eigenvalue weighted by molar-refractivity contribution is -0.118. The van der Waals surface area contributed by atoms with E-state index in [4.69, 9.17) is 4.74 Å². The molecule has 0 aliphatic heterocycles. The van der Waals surface area contributed by atoms with Crippen molar-refractivity contribution in [1.82, 2.24) is 0 Å². The van der Waals surface area contributed by atoms with Crippen LogP contribution in [0.1, 0.15) is 53.4 Å². The van der Waals surface area contributed by atoms with E-state index in [2.05, 4.69) is 10.3 Å². The van der Waals surface area contributed by atoms with Gasteiger partial charge in [-0.25, -0.2) is 0 Å². The van der Waals surface area contributed by atoms with E-state index >= 15 is 0 Å². The third-order valence-electron chi connectivity index (χ3n) is 6.45. The molecule has 2 aromatic carbocycles. The van der Waals surface area contributed by atoms with Gasteiger partial charge in [-0.1, -0.05) is 27.7 Å². The average Bonchev–Trinajstić information content (AvgIpc) is 2.79. The van der Waals surface area contributed by atoms with E-state index in [-0.39, 0.29) is 39.3 Å². The van der Waals surface area contributed by atoms with Crippen molar-refractivity contribution in [1.29, 1.82) is 5.26 Å². The van der Waals surface area contributed by atoms with E-state index < -0.39 is 0 Å². The van der Waals surface area contributed by atoms with Crippen LogP contribution in [0.4, 0.5) is 11.4 Å². The average molecular weight is 498 g/mol. The maximum Gasteiger partial charge on any atom is 0.175 e. The van der Waals surface area contributed by atoms with Crippen molar-refractivity contribution in [3.8, 4) is 17.6 Å². The lowest BCUT2D eigenvalue weighted by Gasteiger charge is -2.30. The number of anilines is 1. The number of Topliss-reactive ketones (excluding diaryl/α,β-unsaturated/α-hetero) is 2. The number of hydrogen-bond donors (Lipinski definition) is 2. The summed E-state index contributed by atoms with van der Waals surface area (Å²) in [4.78, 5) is 29.0. The summed E-state index contributed by atoms with van der Waals surface area (Å²) in [5, 5.41) is 22.9. The summed E-state index contributed by atoms with van der Waals surface area (Å²) in [6, 6.07) is 16.4. The minimum absolute atomic E-state index is 0.0850. The molecule has 2 aliphatic rings. The second-order valence-electron chi connectivity index (χ2n) is 11.2. The van der Waals surface area contributed by atoms with E-state index in [0.29, 0.717) is 48.6 Å². The topological polar surface area (TPSA) is 112 Å². The van der Waals surface area contributed by atoms with Gasteiger partial charge < -0.3 is 15.2 Å². The first-order valence-corrected chi connectivity index (χ1v) is 12.3. The van der Waals surface area contributed by atoms with Gasteiger partial charge in [0.15, 0.2) is 11.6 Å². The van der Waals surface area contributed by atoms with Gasteiger partial charge in [0.05, 0.1) is 11.3 Å². The van der Waals surface area contributed by atoms with Crippen molar-refractivity contribution in [2.45, 2.75) is 53.4 Å². The van der Waals surface area contributed by atoms with Gasteiger partial charge in [-0.3, -0.25) is 14.6 Å². The first kappa shape index (κ1) is 25.9. The number of allylic oxidation sites excluding steroid dienone is 4. The van der Waals surface area contributed by atoms with Crippen LogP contribution in [0.3, 0.4) is 0 Å². The van der Waals surface area contributed by atoms with Crippen molar-refractivity contribution in [2.24, 2.45) is 15.8 Å². The van der Waals surface area contributed by atoms with Gasteiger partial charge in [0, 0.05) is 36.9 Å². The zero-order valence-electron chi connectivity index (χ0n) is 21.6. The monoisotopic (exact) mass is 497 g/mol. The molecule has 0 aromatic heterocycles. The van der Waals surface area contributed by atoms with E-state index in [9.17, 15) is 20.0 Å². The fourth-order valence-electron chi connectivity index (χ4n) is 4.66. The molecule has 7 heteroatoms. The Balaban J connectivity index is 1.40. The second-order valence-corrected chi connectivity index (χ2v) is 11.2. The molecule has 2 aliphatic carbocycles. The highest BCUT2D eigenvalue weighted by atomic mass is 16.5. The van der Waals surface area contributed by atoms with Crippen LogP contribution in [0.25, 0.3) is 0 Å². The maximum atomic E-state index is 12.3. The van der Waals surface area contributed by atoms with Crippen molar-refractivity contribution in [2.75, 3.05) is 5.32 Å². The Hall–Kier alpha value is -4.18. The number of nitrogens with one attached hydrogen (secondary N) is 1. The summed E-state index contributed by atoms with van der Waals surface area (Å²) in [6.45, 7) is 7.95. The Bertz CT molecular complexity index is 1360. The number of aliphatic hydroxyl groups is 1. The van der Waals surface area contributed by atoms with Crippen molar-refractivity contribution in [3.05, 3.63) is 71.1 Å². The molecule has 2 aromatic rings. The van der Waals surface area contributed by atoms with E-state index in [1.807, 2.05) is 58.0 Å². The molecule has 0 saturated heterocycles. The second kappa shape index (κ2) is 10.1. The van der Waals surface area contributed by atoms with Gasteiger partial charge in [-0.15, -0.1) is 0 Å². The van der Waals surface area contributed by atoms with Gasteiger partial charge in [-0.2, -0.15) is 5.26 Å². The van der Waals surface area contributed by atoms with Crippen molar-refractivity contribution >= 4 is 29.2 Å². The normalized spacial score (nSPS) is 19.2. The van der Waals surface area contributed by atoms with Crippen molar-refractivity contribution in [3.63, 3.8) is 0 Å². The Labute approximate surface area is 217 Å². The van der Waals surface area contributed by atoms with Gasteiger partial charge in [0.25, 0.3) is 0 Å². The van der Waals surface area contributed by atoms with Gasteiger partial charge in [-0.05, 0) is 65.8 Å². The predicted molar refractivity (Wildman–Crippen MR) is 143 cm³/mol. The van der Waals surface area contributed by atoms with Crippen LogP contribution in [0.5, 0.6) is 11.5 Å². The summed E-state index contributed by atoms with van der Waals surface area (Å²) in [7, 11) is 0. The minimum Gasteiger partial charge on any atom is -0.511 e. The number of ketones is 2. The van der Waals surface area contributed by atoms with Crippen LogP contribution in [0.15, 0.2) is 76.1 Å². The van der Waals surface area contributed by atoms with E-state index in [1.165, 1.54) is 6.21 Å². The highest BCUT2D eigenvalue weighted by Gasteiger charge is 2.33. The smallest absolute Gasteiger partial charge is 0.175 e. The fourth-order valence-corrected chi connectivity index (χ4v) is 4.66. The maximum absolute atomic E-state index is 12.3. The predicted octanol–water partition coefficient (Wildman–Crippen LogP) is 6.96. The third-order valence-corrected chi connectivity index (χ3v) is 6.45. The zero-order chi connectivity index (χ0) is 26.8. The highest BCUT2D eigenvalue weighted by molar-refractivity contribution is 6.14. The fraction of sp³-hybridized carbons (Fsp3) is 0.333. The summed E-state index contributed by atoms with van der Waals surface area (Å²) in [5.74, 6) is 1.10. The number of nitrogens with zero attached hydrogens (tertiary/aromatic N) is 2. The SMILES string of the molecule is CC1(C)CC(=O)C(C=Nc2ccc(Oc3ccc(NC4=C(C#N)C(=O)CC(C)(C)C4)cc3)cc2)=C(O)C1. The number of aliphatic imine (C=N–C) groups is 1. The van der Waals surface area contributed by atoms with Crippen LogP contribution in [0, 0.1) is 22.2 Å². The molecular weight excluding hydrogens is 466 g/mol. The Morgan fingerprint density at radius 1 is 0.892 bits per heavy atom. The standard InChI is InChI=1S/C30H31N3O4/c1-29(2)13-25(23(17-31)26(34)14-29)33-20-7-11-22(12-8-20)37-21-9-5-19(6-10-21)32-18-24-27(35)15-30(3,4)16-28(24)36/h5-12,18,33,35H,13-16H2,1-4H3. The molecule has 0 amide bonds. The molecule has 7 nitrogen and oxygen atoms in total. The molecular formula is C30H31N3O4. The molecule has 0 unspecified atom stereocenters. The zero-order valence-corrected chi connectivity index (χ0v) is 21.6. The van der Waals surface area contributed by atoms with E-state index in [0.717, 1.165) is 5.69 Å². The first-order chi connectivity index (χ1) is 17.4. The number of aliphatic hydroxyl groups excluding tert-OH is 1. The Kier molecular flexibility index (Phi) is 7.04. The summed E-state index contributed by atoms with van der Waals surface area (Å²) in [6.07, 6.45) is 3.26. The van der Waals surface area contributed by atoms with Crippen LogP contribution < -0.4 is 10.1 Å². The quantitative estimate of drug-likeness (QED) is 0.417. The lowest BCUT2D eigenvalue weighted by atomic mass is 9.76. The molecule has 190 valence electrons. The Morgan fingerprint density at radius 3 is 2.05 bits per heavy atom. The van der Waals surface area contributed by atoms with E-state index in [1.54, 1.807) is 24.3 Å². The summed E-state index contributed by atoms with van der Waals surface area (Å²) >= 11 is 0. The molecule has 0 fully saturated rings. The number of hydrogen-bond acceptors (Lipinski definition) is 7. The van der Waals surface area contributed by atoms with Crippen LogP contribution in [0.2, 0.25) is 0 Å². The number of benzene rings is 2. The number of rotatable bonds is 6. The minimum atomic E-state index is -0.242. The molecule has 4 rings (SSSR count). The van der Waals surface area contributed by atoms with Crippen LogP contribution in [-0.4, -0.2) is 22.9 Å². The summed E-state index contributed by atoms with van der Waals surface area (Å²) in [5.41, 5.74) is 2.09. The van der Waals surface area contributed by atoms with Crippen LogP contribution in [-0.2, 0) is 9.59 Å². The molecule has 0 radical (unpaired) electrons. The number of nitriles is 1. The molecule has 0 bridgehead atoms. The van der Waals surface area contributed by atoms with Gasteiger partial charge in [0.1, 0.15) is 28.9 Å². The molecule has 0 saturated carbocycles. The lowest BCUT2D eigenvalue weighted by Crippen LogP contribution is -2.27.